The summed E-state index contributed by atoms with van der Waals surface area (Å²) in [7, 11) is 1.74. The molecule has 0 heterocycles. The molecule has 0 aliphatic heterocycles. The van der Waals surface area contributed by atoms with Crippen molar-refractivity contribution in [3.8, 4) is 5.75 Å². The number of nitrogens with two attached hydrogens (primary N) is 1. The maximum atomic E-state index is 5.81. The molecule has 0 amide bonds. The number of aryl methyl sites for hydroxylation is 1. The molecule has 0 aliphatic carbocycles. The van der Waals surface area contributed by atoms with Crippen molar-refractivity contribution in [2.24, 2.45) is 11.1 Å². The average Bonchev–Trinajstić information content (AvgIpc) is 2.35. The summed E-state index contributed by atoms with van der Waals surface area (Å²) in [4.78, 5) is 0. The molecule has 0 spiro atoms. The number of ether oxygens (including phenoxy) is 1. The lowest BCUT2D eigenvalue weighted by Gasteiger charge is -2.24. The molecular weight excluding hydrogens is 234 g/mol. The summed E-state index contributed by atoms with van der Waals surface area (Å²) in [5.41, 5.74) is 8.81. The number of hydrogen-bond donors (Lipinski definition) is 1. The highest BCUT2D eigenvalue weighted by Crippen LogP contribution is 2.30. The Kier molecular flexibility index (Phi) is 5.03. The second-order valence-electron chi connectivity index (χ2n) is 7.14. The molecule has 0 bridgehead atoms. The largest absolute Gasteiger partial charge is 0.496 e. The first-order valence-corrected chi connectivity index (χ1v) is 7.07. The van der Waals surface area contributed by atoms with Gasteiger partial charge < -0.3 is 10.5 Å². The fourth-order valence-corrected chi connectivity index (χ4v) is 2.02. The van der Waals surface area contributed by atoms with E-state index in [1.165, 1.54) is 11.1 Å². The van der Waals surface area contributed by atoms with E-state index in [0.29, 0.717) is 6.54 Å². The third-order valence-corrected chi connectivity index (χ3v) is 3.77. The Bertz CT molecular complexity index is 416. The molecule has 108 valence electrons. The van der Waals surface area contributed by atoms with E-state index < -0.39 is 0 Å². The monoisotopic (exact) mass is 263 g/mol. The zero-order valence-corrected chi connectivity index (χ0v) is 13.3. The lowest BCUT2D eigenvalue weighted by molar-refractivity contribution is 0.343. The van der Waals surface area contributed by atoms with Crippen LogP contribution in [0.5, 0.6) is 5.75 Å². The van der Waals surface area contributed by atoms with Gasteiger partial charge in [-0.15, -0.1) is 0 Å². The molecule has 0 radical (unpaired) electrons. The molecule has 0 saturated heterocycles. The van der Waals surface area contributed by atoms with Crippen LogP contribution in [0.4, 0.5) is 0 Å². The molecule has 2 N–H and O–H groups in total. The van der Waals surface area contributed by atoms with Crippen molar-refractivity contribution in [3.05, 3.63) is 29.3 Å². The smallest absolute Gasteiger partial charge is 0.122 e. The van der Waals surface area contributed by atoms with E-state index >= 15 is 0 Å². The van der Waals surface area contributed by atoms with E-state index in [2.05, 4.69) is 52.8 Å². The fourth-order valence-electron chi connectivity index (χ4n) is 2.02. The lowest BCUT2D eigenvalue weighted by Crippen LogP contribution is -2.24. The quantitative estimate of drug-likeness (QED) is 0.874. The van der Waals surface area contributed by atoms with Crippen LogP contribution in [0, 0.1) is 5.41 Å². The predicted molar refractivity (Wildman–Crippen MR) is 82.9 cm³/mol. The van der Waals surface area contributed by atoms with Crippen molar-refractivity contribution in [1.82, 2.24) is 0 Å². The van der Waals surface area contributed by atoms with Crippen molar-refractivity contribution in [3.63, 3.8) is 0 Å². The standard InChI is InChI=1S/C17H29NO/c1-16(2,3)14-7-8-15(19-6)13(11-14)9-10-17(4,5)12-18/h7-8,11H,9-10,12,18H2,1-6H3. The SMILES string of the molecule is COc1ccc(C(C)(C)C)cc1CCC(C)(C)CN. The summed E-state index contributed by atoms with van der Waals surface area (Å²) in [6.45, 7) is 11.9. The molecule has 19 heavy (non-hydrogen) atoms. The molecule has 0 unspecified atom stereocenters. The Labute approximate surface area is 118 Å². The second-order valence-corrected chi connectivity index (χ2v) is 7.14. The Morgan fingerprint density at radius 3 is 2.21 bits per heavy atom. The summed E-state index contributed by atoms with van der Waals surface area (Å²) in [5.74, 6) is 0.987. The summed E-state index contributed by atoms with van der Waals surface area (Å²) in [5, 5.41) is 0. The van der Waals surface area contributed by atoms with Crippen LogP contribution in [0.25, 0.3) is 0 Å². The van der Waals surface area contributed by atoms with Crippen LogP contribution in [-0.4, -0.2) is 13.7 Å². The van der Waals surface area contributed by atoms with Crippen LogP contribution in [0.3, 0.4) is 0 Å². The number of hydrogen-bond acceptors (Lipinski definition) is 2. The molecule has 0 saturated carbocycles. The van der Waals surface area contributed by atoms with E-state index in [9.17, 15) is 0 Å². The number of rotatable bonds is 5. The predicted octanol–water partition coefficient (Wildman–Crippen LogP) is 3.91. The Hall–Kier alpha value is -1.02. The van der Waals surface area contributed by atoms with E-state index in [4.69, 9.17) is 10.5 Å². The van der Waals surface area contributed by atoms with Crippen molar-refractivity contribution >= 4 is 0 Å². The third-order valence-electron chi connectivity index (χ3n) is 3.77. The van der Waals surface area contributed by atoms with Gasteiger partial charge in [0.05, 0.1) is 7.11 Å². The Balaban J connectivity index is 2.97. The number of benzene rings is 1. The molecule has 1 aromatic rings. The molecule has 1 aromatic carbocycles. The van der Waals surface area contributed by atoms with Crippen LogP contribution in [0.1, 0.15) is 52.2 Å². The van der Waals surface area contributed by atoms with E-state index in [-0.39, 0.29) is 10.8 Å². The molecule has 0 aliphatic rings. The molecule has 0 atom stereocenters. The Morgan fingerprint density at radius 1 is 1.11 bits per heavy atom. The van der Waals surface area contributed by atoms with Gasteiger partial charge in [0.1, 0.15) is 5.75 Å². The molecule has 0 fully saturated rings. The minimum Gasteiger partial charge on any atom is -0.496 e. The van der Waals surface area contributed by atoms with Crippen LogP contribution < -0.4 is 10.5 Å². The van der Waals surface area contributed by atoms with Gasteiger partial charge in [0, 0.05) is 0 Å². The molecule has 0 aromatic heterocycles. The summed E-state index contributed by atoms with van der Waals surface area (Å²) < 4.78 is 5.48. The minimum absolute atomic E-state index is 0.171. The first kappa shape index (κ1) is 16.0. The van der Waals surface area contributed by atoms with Crippen molar-refractivity contribution in [2.75, 3.05) is 13.7 Å². The first-order chi connectivity index (χ1) is 8.69. The van der Waals surface area contributed by atoms with Gasteiger partial charge in [-0.05, 0) is 47.4 Å². The van der Waals surface area contributed by atoms with Crippen LogP contribution in [0.15, 0.2) is 18.2 Å². The van der Waals surface area contributed by atoms with Crippen LogP contribution >= 0.6 is 0 Å². The van der Waals surface area contributed by atoms with Gasteiger partial charge >= 0.3 is 0 Å². The van der Waals surface area contributed by atoms with Crippen molar-refractivity contribution < 1.29 is 4.74 Å². The summed E-state index contributed by atoms with van der Waals surface area (Å²) in [6.07, 6.45) is 2.09. The zero-order valence-electron chi connectivity index (χ0n) is 13.3. The summed E-state index contributed by atoms with van der Waals surface area (Å²) >= 11 is 0. The number of methoxy groups -OCH3 is 1. The maximum Gasteiger partial charge on any atom is 0.122 e. The van der Waals surface area contributed by atoms with Crippen molar-refractivity contribution in [1.29, 1.82) is 0 Å². The van der Waals surface area contributed by atoms with Gasteiger partial charge in [-0.2, -0.15) is 0 Å². The van der Waals surface area contributed by atoms with E-state index in [0.717, 1.165) is 18.6 Å². The highest BCUT2D eigenvalue weighted by Gasteiger charge is 2.19. The van der Waals surface area contributed by atoms with E-state index in [1.807, 2.05) is 0 Å². The highest BCUT2D eigenvalue weighted by molar-refractivity contribution is 5.39. The maximum absolute atomic E-state index is 5.81. The first-order valence-electron chi connectivity index (χ1n) is 7.07. The topological polar surface area (TPSA) is 35.2 Å². The van der Waals surface area contributed by atoms with Crippen LogP contribution in [0.2, 0.25) is 0 Å². The van der Waals surface area contributed by atoms with Gasteiger partial charge in [-0.25, -0.2) is 0 Å². The average molecular weight is 263 g/mol. The molecule has 2 heteroatoms. The summed E-state index contributed by atoms with van der Waals surface area (Å²) in [6, 6.07) is 6.53. The second kappa shape index (κ2) is 5.96. The minimum atomic E-state index is 0.171. The lowest BCUT2D eigenvalue weighted by atomic mass is 9.83. The van der Waals surface area contributed by atoms with Gasteiger partial charge in [0.2, 0.25) is 0 Å². The van der Waals surface area contributed by atoms with Crippen LogP contribution in [-0.2, 0) is 11.8 Å². The molecule has 2 nitrogen and oxygen atoms in total. The molecular formula is C17H29NO. The third kappa shape index (κ3) is 4.54. The van der Waals surface area contributed by atoms with Gasteiger partial charge in [-0.3, -0.25) is 0 Å². The van der Waals surface area contributed by atoms with Gasteiger partial charge in [-0.1, -0.05) is 46.8 Å². The van der Waals surface area contributed by atoms with Gasteiger partial charge in [0.15, 0.2) is 0 Å². The van der Waals surface area contributed by atoms with Crippen molar-refractivity contribution in [2.45, 2.75) is 52.9 Å². The fraction of sp³-hybridized carbons (Fsp3) is 0.647. The van der Waals surface area contributed by atoms with E-state index in [1.54, 1.807) is 7.11 Å². The Morgan fingerprint density at radius 2 is 1.74 bits per heavy atom. The zero-order chi connectivity index (χ0) is 14.7. The normalized spacial score (nSPS) is 12.6. The molecule has 1 rings (SSSR count). The van der Waals surface area contributed by atoms with Gasteiger partial charge in [0.25, 0.3) is 0 Å². The highest BCUT2D eigenvalue weighted by atomic mass is 16.5.